The summed E-state index contributed by atoms with van der Waals surface area (Å²) in [6, 6.07) is 11.2. The second-order valence-electron chi connectivity index (χ2n) is 5.31. The molecule has 0 aliphatic rings. The van der Waals surface area contributed by atoms with E-state index in [1.807, 2.05) is 18.2 Å². The Kier molecular flexibility index (Phi) is 5.37. The fourth-order valence-electron chi connectivity index (χ4n) is 1.82. The molecule has 2 aromatic rings. The van der Waals surface area contributed by atoms with Crippen molar-refractivity contribution in [2.45, 2.75) is 33.4 Å². The van der Waals surface area contributed by atoms with Crippen LogP contribution in [-0.4, -0.2) is 6.04 Å². The van der Waals surface area contributed by atoms with Crippen LogP contribution in [0.2, 0.25) is 0 Å². The molecule has 0 heterocycles. The molecule has 112 valence electrons. The van der Waals surface area contributed by atoms with E-state index in [1.54, 1.807) is 19.1 Å². The quantitative estimate of drug-likeness (QED) is 0.800. The molecule has 0 saturated heterocycles. The minimum absolute atomic E-state index is 0.263. The van der Waals surface area contributed by atoms with E-state index in [9.17, 15) is 4.39 Å². The Bertz CT molecular complexity index is 628. The van der Waals surface area contributed by atoms with E-state index >= 15 is 0 Å². The monoisotopic (exact) mass is 351 g/mol. The molecule has 2 nitrogen and oxygen atoms in total. The summed E-state index contributed by atoms with van der Waals surface area (Å²) in [7, 11) is 0. The van der Waals surface area contributed by atoms with Gasteiger partial charge in [-0.25, -0.2) is 4.39 Å². The molecule has 0 saturated carbocycles. The molecular weight excluding hydrogens is 333 g/mol. The van der Waals surface area contributed by atoms with Crippen molar-refractivity contribution in [1.82, 2.24) is 5.32 Å². The third kappa shape index (κ3) is 4.55. The van der Waals surface area contributed by atoms with Gasteiger partial charge in [-0.15, -0.1) is 0 Å². The summed E-state index contributed by atoms with van der Waals surface area (Å²) in [5.74, 6) is 0.903. The highest BCUT2D eigenvalue weighted by molar-refractivity contribution is 9.10. The molecule has 0 aromatic heterocycles. The third-order valence-electron chi connectivity index (χ3n) is 3.08. The number of hydrogen-bond donors (Lipinski definition) is 1. The maximum Gasteiger partial charge on any atom is 0.141 e. The highest BCUT2D eigenvalue weighted by Gasteiger charge is 2.06. The number of benzene rings is 2. The topological polar surface area (TPSA) is 21.3 Å². The Morgan fingerprint density at radius 3 is 2.57 bits per heavy atom. The van der Waals surface area contributed by atoms with Crippen molar-refractivity contribution in [3.63, 3.8) is 0 Å². The summed E-state index contributed by atoms with van der Waals surface area (Å²) in [6.45, 7) is 6.75. The van der Waals surface area contributed by atoms with Gasteiger partial charge >= 0.3 is 0 Å². The minimum atomic E-state index is -0.263. The van der Waals surface area contributed by atoms with Gasteiger partial charge in [-0.3, -0.25) is 0 Å². The summed E-state index contributed by atoms with van der Waals surface area (Å²) in [5, 5.41) is 3.36. The summed E-state index contributed by atoms with van der Waals surface area (Å²) in [6.07, 6.45) is 0. The van der Waals surface area contributed by atoms with Crippen molar-refractivity contribution < 1.29 is 9.13 Å². The average molecular weight is 352 g/mol. The summed E-state index contributed by atoms with van der Waals surface area (Å²) >= 11 is 3.50. The van der Waals surface area contributed by atoms with E-state index < -0.39 is 0 Å². The van der Waals surface area contributed by atoms with E-state index in [1.165, 1.54) is 6.07 Å². The lowest BCUT2D eigenvalue weighted by molar-refractivity contribution is 0.472. The van der Waals surface area contributed by atoms with Crippen LogP contribution < -0.4 is 10.1 Å². The van der Waals surface area contributed by atoms with Gasteiger partial charge in [0.2, 0.25) is 0 Å². The van der Waals surface area contributed by atoms with Crippen LogP contribution >= 0.6 is 15.9 Å². The van der Waals surface area contributed by atoms with Crippen molar-refractivity contribution in [3.05, 3.63) is 57.8 Å². The molecule has 2 rings (SSSR count). The fourth-order valence-corrected chi connectivity index (χ4v) is 2.33. The van der Waals surface area contributed by atoms with Gasteiger partial charge in [0.25, 0.3) is 0 Å². The van der Waals surface area contributed by atoms with E-state index in [0.717, 1.165) is 16.6 Å². The smallest absolute Gasteiger partial charge is 0.141 e. The van der Waals surface area contributed by atoms with Crippen molar-refractivity contribution in [2.75, 3.05) is 0 Å². The lowest BCUT2D eigenvalue weighted by atomic mass is 10.2. The van der Waals surface area contributed by atoms with Gasteiger partial charge < -0.3 is 10.1 Å². The SMILES string of the molecule is Cc1ccc(Oc2ccc(CNC(C)C)cc2Br)cc1F. The first kappa shape index (κ1) is 16.0. The van der Waals surface area contributed by atoms with Crippen molar-refractivity contribution >= 4 is 15.9 Å². The predicted octanol–water partition coefficient (Wildman–Crippen LogP) is 5.19. The summed E-state index contributed by atoms with van der Waals surface area (Å²) in [5.41, 5.74) is 1.77. The predicted molar refractivity (Wildman–Crippen MR) is 87.3 cm³/mol. The molecule has 0 spiro atoms. The fraction of sp³-hybridized carbons (Fsp3) is 0.294. The lowest BCUT2D eigenvalue weighted by Gasteiger charge is -2.12. The molecule has 0 amide bonds. The van der Waals surface area contributed by atoms with Crippen LogP contribution in [0.4, 0.5) is 4.39 Å². The van der Waals surface area contributed by atoms with Crippen LogP contribution in [0, 0.1) is 12.7 Å². The Balaban J connectivity index is 2.11. The van der Waals surface area contributed by atoms with E-state index in [-0.39, 0.29) is 5.82 Å². The number of hydrogen-bond acceptors (Lipinski definition) is 2. The van der Waals surface area contributed by atoms with E-state index in [0.29, 0.717) is 23.1 Å². The number of nitrogens with one attached hydrogen (secondary N) is 1. The van der Waals surface area contributed by atoms with Crippen LogP contribution in [0.25, 0.3) is 0 Å². The van der Waals surface area contributed by atoms with Gasteiger partial charge in [0.05, 0.1) is 4.47 Å². The van der Waals surface area contributed by atoms with Crippen LogP contribution in [0.15, 0.2) is 40.9 Å². The van der Waals surface area contributed by atoms with Crippen LogP contribution in [0.1, 0.15) is 25.0 Å². The second kappa shape index (κ2) is 7.05. The zero-order valence-electron chi connectivity index (χ0n) is 12.4. The first-order valence-corrected chi connectivity index (χ1v) is 7.71. The molecule has 0 unspecified atom stereocenters. The van der Waals surface area contributed by atoms with Gasteiger partial charge in [-0.1, -0.05) is 26.0 Å². The first-order chi connectivity index (χ1) is 9.95. The Labute approximate surface area is 133 Å². The van der Waals surface area contributed by atoms with Crippen molar-refractivity contribution in [3.8, 4) is 11.5 Å². The van der Waals surface area contributed by atoms with Gasteiger partial charge in [-0.2, -0.15) is 0 Å². The number of rotatable bonds is 5. The third-order valence-corrected chi connectivity index (χ3v) is 3.70. The Morgan fingerprint density at radius 2 is 1.95 bits per heavy atom. The standard InChI is InChI=1S/C17H19BrFNO/c1-11(2)20-10-13-5-7-17(15(18)8-13)21-14-6-4-12(3)16(19)9-14/h4-9,11,20H,10H2,1-3H3. The molecule has 0 aliphatic carbocycles. The number of aryl methyl sites for hydroxylation is 1. The molecule has 2 aromatic carbocycles. The van der Waals surface area contributed by atoms with Gasteiger partial charge in [-0.05, 0) is 52.2 Å². The zero-order chi connectivity index (χ0) is 15.4. The number of ether oxygens (including phenoxy) is 1. The molecule has 1 N–H and O–H groups in total. The average Bonchev–Trinajstić information content (AvgIpc) is 2.43. The number of halogens is 2. The molecule has 0 radical (unpaired) electrons. The first-order valence-electron chi connectivity index (χ1n) is 6.91. The normalized spacial score (nSPS) is 11.0. The molecule has 0 aliphatic heterocycles. The van der Waals surface area contributed by atoms with Crippen LogP contribution in [-0.2, 0) is 6.54 Å². The van der Waals surface area contributed by atoms with Crippen LogP contribution in [0.5, 0.6) is 11.5 Å². The van der Waals surface area contributed by atoms with E-state index in [2.05, 4.69) is 35.1 Å². The maximum absolute atomic E-state index is 13.5. The van der Waals surface area contributed by atoms with Crippen LogP contribution in [0.3, 0.4) is 0 Å². The van der Waals surface area contributed by atoms with Gasteiger partial charge in [0, 0.05) is 18.7 Å². The molecule has 21 heavy (non-hydrogen) atoms. The zero-order valence-corrected chi connectivity index (χ0v) is 14.0. The second-order valence-corrected chi connectivity index (χ2v) is 6.17. The van der Waals surface area contributed by atoms with Gasteiger partial charge in [0.1, 0.15) is 17.3 Å². The molecular formula is C17H19BrFNO. The lowest BCUT2D eigenvalue weighted by Crippen LogP contribution is -2.21. The Morgan fingerprint density at radius 1 is 1.19 bits per heavy atom. The molecule has 4 heteroatoms. The summed E-state index contributed by atoms with van der Waals surface area (Å²) < 4.78 is 20.1. The van der Waals surface area contributed by atoms with Gasteiger partial charge in [0.15, 0.2) is 0 Å². The molecule has 0 atom stereocenters. The highest BCUT2D eigenvalue weighted by Crippen LogP contribution is 2.31. The summed E-state index contributed by atoms with van der Waals surface area (Å²) in [4.78, 5) is 0. The molecule has 0 fully saturated rings. The minimum Gasteiger partial charge on any atom is -0.456 e. The maximum atomic E-state index is 13.5. The Hall–Kier alpha value is -1.39. The highest BCUT2D eigenvalue weighted by atomic mass is 79.9. The van der Waals surface area contributed by atoms with E-state index in [4.69, 9.17) is 4.74 Å². The largest absolute Gasteiger partial charge is 0.456 e. The molecule has 0 bridgehead atoms. The van der Waals surface area contributed by atoms with Crippen molar-refractivity contribution in [2.24, 2.45) is 0 Å². The van der Waals surface area contributed by atoms with Crippen molar-refractivity contribution in [1.29, 1.82) is 0 Å².